The molecule has 13 heavy (non-hydrogen) atoms. The Labute approximate surface area is 81.9 Å². The van der Waals surface area contributed by atoms with Crippen molar-refractivity contribution in [3.05, 3.63) is 0 Å². The van der Waals surface area contributed by atoms with Crippen molar-refractivity contribution in [1.82, 2.24) is 9.80 Å². The van der Waals surface area contributed by atoms with Gasteiger partial charge in [0.05, 0.1) is 0 Å². The van der Waals surface area contributed by atoms with Gasteiger partial charge in [-0.2, -0.15) is 0 Å². The molecule has 1 heterocycles. The summed E-state index contributed by atoms with van der Waals surface area (Å²) in [4.78, 5) is 4.86. The van der Waals surface area contributed by atoms with Crippen LogP contribution in [0.1, 0.15) is 19.8 Å². The summed E-state index contributed by atoms with van der Waals surface area (Å²) in [7, 11) is 2.15. The van der Waals surface area contributed by atoms with Gasteiger partial charge in [0.1, 0.15) is 0 Å². The van der Waals surface area contributed by atoms with E-state index in [1.807, 2.05) is 0 Å². The molecule has 0 aromatic rings. The average molecular weight is 185 g/mol. The largest absolute Gasteiger partial charge is 0.327 e. The Morgan fingerprint density at radius 3 is 2.54 bits per heavy atom. The van der Waals surface area contributed by atoms with Gasteiger partial charge in [0.15, 0.2) is 0 Å². The Balaban J connectivity index is 2.03. The van der Waals surface area contributed by atoms with E-state index in [4.69, 9.17) is 5.73 Å². The lowest BCUT2D eigenvalue weighted by Gasteiger charge is -2.22. The third-order valence-electron chi connectivity index (χ3n) is 2.60. The minimum atomic E-state index is 0.295. The number of nitrogens with zero attached hydrogens (tertiary/aromatic N) is 2. The third-order valence-corrected chi connectivity index (χ3v) is 2.60. The lowest BCUT2D eigenvalue weighted by Crippen LogP contribution is -2.37. The second-order valence-electron chi connectivity index (χ2n) is 4.29. The molecule has 0 aromatic carbocycles. The molecule has 1 aliphatic rings. The Kier molecular flexibility index (Phi) is 4.70. The van der Waals surface area contributed by atoms with Crippen molar-refractivity contribution in [3.8, 4) is 0 Å². The zero-order valence-corrected chi connectivity index (χ0v) is 9.00. The van der Waals surface area contributed by atoms with Crippen LogP contribution >= 0.6 is 0 Å². The fraction of sp³-hybridized carbons (Fsp3) is 1.00. The highest BCUT2D eigenvalue weighted by Crippen LogP contribution is 2.06. The zero-order valence-electron chi connectivity index (χ0n) is 9.00. The molecule has 78 valence electrons. The van der Waals surface area contributed by atoms with Gasteiger partial charge in [-0.25, -0.2) is 0 Å². The number of rotatable bonds is 5. The first-order valence-electron chi connectivity index (χ1n) is 5.35. The molecule has 3 heteroatoms. The smallest absolute Gasteiger partial charge is 0.0139 e. The topological polar surface area (TPSA) is 32.5 Å². The average Bonchev–Trinajstić information content (AvgIpc) is 2.51. The van der Waals surface area contributed by atoms with Crippen LogP contribution < -0.4 is 5.73 Å². The van der Waals surface area contributed by atoms with Gasteiger partial charge in [-0.1, -0.05) is 0 Å². The van der Waals surface area contributed by atoms with Gasteiger partial charge < -0.3 is 15.5 Å². The van der Waals surface area contributed by atoms with Crippen LogP contribution in [0, 0.1) is 0 Å². The standard InChI is InChI=1S/C10H23N3/c1-10(11)9-12(2)7-8-13-5-3-4-6-13/h10H,3-9,11H2,1-2H3/t10-/m1/s1. The van der Waals surface area contributed by atoms with Crippen molar-refractivity contribution in [1.29, 1.82) is 0 Å². The summed E-state index contributed by atoms with van der Waals surface area (Å²) >= 11 is 0. The molecule has 0 saturated carbocycles. The van der Waals surface area contributed by atoms with Crippen LogP contribution in [0.5, 0.6) is 0 Å². The van der Waals surface area contributed by atoms with Crippen LogP contribution in [0.4, 0.5) is 0 Å². The van der Waals surface area contributed by atoms with E-state index < -0.39 is 0 Å². The normalized spacial score (nSPS) is 21.2. The van der Waals surface area contributed by atoms with Crippen LogP contribution in [0.3, 0.4) is 0 Å². The second-order valence-corrected chi connectivity index (χ2v) is 4.29. The third kappa shape index (κ3) is 4.60. The Morgan fingerprint density at radius 1 is 1.38 bits per heavy atom. The van der Waals surface area contributed by atoms with E-state index in [2.05, 4.69) is 23.8 Å². The number of nitrogens with two attached hydrogens (primary N) is 1. The van der Waals surface area contributed by atoms with Crippen LogP contribution in [0.15, 0.2) is 0 Å². The Morgan fingerprint density at radius 2 is 2.00 bits per heavy atom. The summed E-state index contributed by atoms with van der Waals surface area (Å²) in [6.07, 6.45) is 2.77. The first-order chi connectivity index (χ1) is 6.18. The summed E-state index contributed by atoms with van der Waals surface area (Å²) < 4.78 is 0. The maximum absolute atomic E-state index is 5.72. The summed E-state index contributed by atoms with van der Waals surface area (Å²) in [6.45, 7) is 8.03. The zero-order chi connectivity index (χ0) is 9.68. The number of likely N-dealkylation sites (N-methyl/N-ethyl adjacent to an activating group) is 1. The van der Waals surface area contributed by atoms with E-state index in [0.717, 1.165) is 13.1 Å². The van der Waals surface area contributed by atoms with Gasteiger partial charge >= 0.3 is 0 Å². The predicted molar refractivity (Wildman–Crippen MR) is 56.8 cm³/mol. The molecular formula is C10H23N3. The van der Waals surface area contributed by atoms with E-state index in [9.17, 15) is 0 Å². The Hall–Kier alpha value is -0.120. The van der Waals surface area contributed by atoms with Gasteiger partial charge in [0, 0.05) is 25.7 Å². The van der Waals surface area contributed by atoms with Gasteiger partial charge in [-0.15, -0.1) is 0 Å². The molecule has 1 saturated heterocycles. The summed E-state index contributed by atoms with van der Waals surface area (Å²) in [5.41, 5.74) is 5.72. The minimum Gasteiger partial charge on any atom is -0.327 e. The molecule has 0 bridgehead atoms. The lowest BCUT2D eigenvalue weighted by molar-refractivity contribution is 0.250. The van der Waals surface area contributed by atoms with Crippen molar-refractivity contribution in [2.24, 2.45) is 5.73 Å². The van der Waals surface area contributed by atoms with Gasteiger partial charge in [-0.05, 0) is 39.9 Å². The molecule has 0 spiro atoms. The molecule has 0 aliphatic carbocycles. The van der Waals surface area contributed by atoms with Gasteiger partial charge in [0.2, 0.25) is 0 Å². The molecule has 0 unspecified atom stereocenters. The van der Waals surface area contributed by atoms with Gasteiger partial charge in [0.25, 0.3) is 0 Å². The first-order valence-corrected chi connectivity index (χ1v) is 5.35. The highest BCUT2D eigenvalue weighted by molar-refractivity contribution is 4.68. The number of likely N-dealkylation sites (tertiary alicyclic amines) is 1. The van der Waals surface area contributed by atoms with Crippen LogP contribution in [-0.4, -0.2) is 55.6 Å². The van der Waals surface area contributed by atoms with E-state index in [1.165, 1.54) is 32.5 Å². The summed E-state index contributed by atoms with van der Waals surface area (Å²) in [6, 6.07) is 0.295. The monoisotopic (exact) mass is 185 g/mol. The molecule has 0 aromatic heterocycles. The van der Waals surface area contributed by atoms with Crippen molar-refractivity contribution in [2.45, 2.75) is 25.8 Å². The first kappa shape index (κ1) is 11.0. The molecular weight excluding hydrogens is 162 g/mol. The van der Waals surface area contributed by atoms with Crippen molar-refractivity contribution >= 4 is 0 Å². The Bertz CT molecular complexity index is 130. The molecule has 2 N–H and O–H groups in total. The molecule has 1 atom stereocenters. The number of hydrogen-bond donors (Lipinski definition) is 1. The summed E-state index contributed by atoms with van der Waals surface area (Å²) in [5.74, 6) is 0. The van der Waals surface area contributed by atoms with Crippen LogP contribution in [0.2, 0.25) is 0 Å². The van der Waals surface area contributed by atoms with E-state index in [1.54, 1.807) is 0 Å². The van der Waals surface area contributed by atoms with Crippen molar-refractivity contribution < 1.29 is 0 Å². The maximum atomic E-state index is 5.72. The molecule has 0 amide bonds. The molecule has 1 rings (SSSR count). The van der Waals surface area contributed by atoms with Crippen molar-refractivity contribution in [2.75, 3.05) is 39.8 Å². The molecule has 1 fully saturated rings. The molecule has 3 nitrogen and oxygen atoms in total. The minimum absolute atomic E-state index is 0.295. The lowest BCUT2D eigenvalue weighted by atomic mass is 10.3. The fourth-order valence-electron chi connectivity index (χ4n) is 1.90. The van der Waals surface area contributed by atoms with E-state index >= 15 is 0 Å². The predicted octanol–water partition coefficient (Wildman–Crippen LogP) is 0.361. The van der Waals surface area contributed by atoms with E-state index in [0.29, 0.717) is 6.04 Å². The maximum Gasteiger partial charge on any atom is 0.0139 e. The molecule has 0 radical (unpaired) electrons. The van der Waals surface area contributed by atoms with E-state index in [-0.39, 0.29) is 0 Å². The van der Waals surface area contributed by atoms with Crippen LogP contribution in [-0.2, 0) is 0 Å². The summed E-state index contributed by atoms with van der Waals surface area (Å²) in [5, 5.41) is 0. The molecule has 1 aliphatic heterocycles. The van der Waals surface area contributed by atoms with Crippen molar-refractivity contribution in [3.63, 3.8) is 0 Å². The van der Waals surface area contributed by atoms with Crippen LogP contribution in [0.25, 0.3) is 0 Å². The second kappa shape index (κ2) is 5.58. The SMILES string of the molecule is C[C@@H](N)CN(C)CCN1CCCC1. The van der Waals surface area contributed by atoms with Gasteiger partial charge in [-0.3, -0.25) is 0 Å². The number of hydrogen-bond acceptors (Lipinski definition) is 3. The fourth-order valence-corrected chi connectivity index (χ4v) is 1.90. The highest BCUT2D eigenvalue weighted by atomic mass is 15.2. The highest BCUT2D eigenvalue weighted by Gasteiger charge is 2.11. The quantitative estimate of drug-likeness (QED) is 0.671.